The Morgan fingerprint density at radius 3 is 1.29 bits per heavy atom. The predicted molar refractivity (Wildman–Crippen MR) is 277 cm³/mol. The Hall–Kier alpha value is -3.46. The molecule has 9 heterocycles. The van der Waals surface area contributed by atoms with Gasteiger partial charge in [-0.25, -0.2) is 9.98 Å². The molecule has 9 rings (SSSR count). The number of nitrogens with one attached hydrogen (secondary N) is 2. The van der Waals surface area contributed by atoms with Gasteiger partial charge in [0.25, 0.3) is 0 Å². The Morgan fingerprint density at radius 1 is 0.441 bits per heavy atom. The van der Waals surface area contributed by atoms with Gasteiger partial charge in [0.15, 0.2) is 0 Å². The molecule has 0 aromatic carbocycles. The molecule has 12 nitrogen and oxygen atoms in total. The van der Waals surface area contributed by atoms with E-state index in [-0.39, 0.29) is 6.04 Å². The second-order valence-electron chi connectivity index (χ2n) is 20.3. The first kappa shape index (κ1) is 49.5. The first-order valence-electron chi connectivity index (χ1n) is 27.3. The largest absolute Gasteiger partial charge is 0.379 e. The quantitative estimate of drug-likeness (QED) is 0.110. The predicted octanol–water partition coefficient (Wildman–Crippen LogP) is 6.68. The van der Waals surface area contributed by atoms with E-state index in [2.05, 4.69) is 72.4 Å². The molecule has 0 saturated carbocycles. The fourth-order valence-electron chi connectivity index (χ4n) is 11.4. The number of aromatic amines is 1. The number of ether oxygens (including phenoxy) is 4. The Labute approximate surface area is 408 Å². The minimum atomic E-state index is 0.228. The normalized spacial score (nSPS) is 26.9. The molecule has 372 valence electrons. The molecule has 8 aliphatic rings. The minimum absolute atomic E-state index is 0.228. The summed E-state index contributed by atoms with van der Waals surface area (Å²) in [5, 5.41) is 6.56. The smallest absolute Gasteiger partial charge is 0.0690 e. The van der Waals surface area contributed by atoms with E-state index in [1.165, 1.54) is 109 Å². The summed E-state index contributed by atoms with van der Waals surface area (Å²) >= 11 is 0. The number of aliphatic imine (C=N–C) groups is 2. The molecule has 8 bridgehead atoms. The fourth-order valence-corrected chi connectivity index (χ4v) is 11.4. The van der Waals surface area contributed by atoms with E-state index in [1.54, 1.807) is 0 Å². The standard InChI is InChI=1S/C56H84N8O4/c1(9-25-61-29-37-65-38-30-61)5-13-45-49-17-19-51(57-49)46(14-6-2-10-26-62-31-39-66-40-32-62)53-21-23-55(59-53)48(16-8-4-12-28-64-35-43-68-44-36-64)56-24-22-54(60-56)47(52-20-18-50(45)58-52)15-7-3-11-27-63-33-41-67-42-34-63/h17-23,56-57,60H,1-16,24-44H2/b49-45-,51-46-,52-47-,55-48-. The summed E-state index contributed by atoms with van der Waals surface area (Å²) in [6, 6.07) is 4.91. The number of rotatable bonds is 24. The Balaban J connectivity index is 0.999. The molecule has 1 aromatic heterocycles. The van der Waals surface area contributed by atoms with Crippen LogP contribution in [0.4, 0.5) is 0 Å². The van der Waals surface area contributed by atoms with Crippen molar-refractivity contribution >= 4 is 22.6 Å². The first-order chi connectivity index (χ1) is 33.7. The third kappa shape index (κ3) is 14.3. The van der Waals surface area contributed by atoms with Gasteiger partial charge in [0.2, 0.25) is 0 Å². The van der Waals surface area contributed by atoms with Crippen molar-refractivity contribution in [1.29, 1.82) is 0 Å². The average molecular weight is 933 g/mol. The van der Waals surface area contributed by atoms with Crippen molar-refractivity contribution in [2.75, 3.05) is 131 Å². The number of hydrogen-bond donors (Lipinski definition) is 2. The van der Waals surface area contributed by atoms with Crippen LogP contribution in [0.1, 0.15) is 109 Å². The molecule has 68 heavy (non-hydrogen) atoms. The molecular weight excluding hydrogens is 849 g/mol. The number of aromatic nitrogens is 1. The minimum Gasteiger partial charge on any atom is -0.379 e. The second-order valence-corrected chi connectivity index (χ2v) is 20.3. The summed E-state index contributed by atoms with van der Waals surface area (Å²) < 4.78 is 22.5. The van der Waals surface area contributed by atoms with E-state index in [4.69, 9.17) is 28.9 Å². The molecule has 0 spiro atoms. The number of H-pyrrole nitrogens is 1. The second kappa shape index (κ2) is 26.7. The highest BCUT2D eigenvalue weighted by atomic mass is 16.5. The highest BCUT2D eigenvalue weighted by molar-refractivity contribution is 6.27. The van der Waals surface area contributed by atoms with Gasteiger partial charge in [-0.3, -0.25) is 19.6 Å². The molecule has 12 heteroatoms. The Kier molecular flexibility index (Phi) is 19.4. The summed E-state index contributed by atoms with van der Waals surface area (Å²) in [6.07, 6.45) is 31.2. The van der Waals surface area contributed by atoms with Crippen LogP contribution >= 0.6 is 0 Å². The highest BCUT2D eigenvalue weighted by Gasteiger charge is 2.28. The van der Waals surface area contributed by atoms with E-state index in [9.17, 15) is 0 Å². The molecule has 2 N–H and O–H groups in total. The van der Waals surface area contributed by atoms with Crippen molar-refractivity contribution in [3.63, 3.8) is 0 Å². The van der Waals surface area contributed by atoms with Crippen molar-refractivity contribution in [3.8, 4) is 0 Å². The van der Waals surface area contributed by atoms with Crippen LogP contribution in [-0.2, 0) is 18.9 Å². The van der Waals surface area contributed by atoms with Crippen LogP contribution in [0, 0.1) is 0 Å². The zero-order valence-corrected chi connectivity index (χ0v) is 41.6. The van der Waals surface area contributed by atoms with Crippen LogP contribution in [0.3, 0.4) is 0 Å². The summed E-state index contributed by atoms with van der Waals surface area (Å²) in [7, 11) is 0. The van der Waals surface area contributed by atoms with Crippen LogP contribution in [0.2, 0.25) is 0 Å². The first-order valence-corrected chi connectivity index (χ1v) is 27.3. The molecule has 1 atom stereocenters. The van der Waals surface area contributed by atoms with Gasteiger partial charge in [-0.2, -0.15) is 0 Å². The van der Waals surface area contributed by atoms with Crippen LogP contribution in [0.25, 0.3) is 11.1 Å². The van der Waals surface area contributed by atoms with Crippen LogP contribution in [0.5, 0.6) is 0 Å². The molecular formula is C56H84N8O4. The van der Waals surface area contributed by atoms with E-state index in [0.29, 0.717) is 0 Å². The molecule has 4 fully saturated rings. The number of hydrogen-bond acceptors (Lipinski definition) is 11. The third-order valence-electron chi connectivity index (χ3n) is 15.5. The zero-order chi connectivity index (χ0) is 46.0. The third-order valence-corrected chi connectivity index (χ3v) is 15.5. The number of morpholine rings is 4. The summed E-state index contributed by atoms with van der Waals surface area (Å²) in [6.45, 7) is 20.1. The highest BCUT2D eigenvalue weighted by Crippen LogP contribution is 2.34. The maximum atomic E-state index is 5.63. The van der Waals surface area contributed by atoms with Gasteiger partial charge >= 0.3 is 0 Å². The van der Waals surface area contributed by atoms with Gasteiger partial charge in [0.05, 0.1) is 81.7 Å². The van der Waals surface area contributed by atoms with Gasteiger partial charge in [0, 0.05) is 85.5 Å². The lowest BCUT2D eigenvalue weighted by Crippen LogP contribution is -2.36. The average Bonchev–Trinajstić information content (AvgIpc) is 4.24. The van der Waals surface area contributed by atoms with Gasteiger partial charge in [0.1, 0.15) is 0 Å². The van der Waals surface area contributed by atoms with Crippen LogP contribution < -0.4 is 16.0 Å². The lowest BCUT2D eigenvalue weighted by molar-refractivity contribution is 0.0371. The maximum Gasteiger partial charge on any atom is 0.0690 e. The number of unbranched alkanes of at least 4 members (excludes halogenated alkanes) is 8. The van der Waals surface area contributed by atoms with E-state index in [0.717, 1.165) is 193 Å². The fraction of sp³-hybridized carbons (Fsp3) is 0.679. The molecule has 0 aliphatic carbocycles. The SMILES string of the molecule is C1=C/C2=C(\CCCCCN3CCOCC3)C3=CCC(N3)/C(CCCCCN3CCOCC3)=C3/C=CC(=N3)/C(CCCCCN3CCOCC3)=c3/cc/c([nH]3)=C(\CCCCCN3CCOCC3)C1=N2. The van der Waals surface area contributed by atoms with Crippen molar-refractivity contribution in [1.82, 2.24) is 29.9 Å². The Morgan fingerprint density at radius 2 is 0.838 bits per heavy atom. The molecule has 1 aromatic rings. The van der Waals surface area contributed by atoms with Crippen molar-refractivity contribution in [2.24, 2.45) is 9.98 Å². The number of nitrogens with zero attached hydrogens (tertiary/aromatic N) is 6. The molecule has 0 amide bonds. The maximum absolute atomic E-state index is 5.63. The zero-order valence-electron chi connectivity index (χ0n) is 41.6. The monoisotopic (exact) mass is 933 g/mol. The number of fused-ring (bicyclic) bond motifs is 6. The van der Waals surface area contributed by atoms with Gasteiger partial charge in [-0.1, -0.05) is 31.8 Å². The molecule has 4 saturated heterocycles. The molecule has 8 aliphatic heterocycles. The van der Waals surface area contributed by atoms with Crippen molar-refractivity contribution < 1.29 is 18.9 Å². The Bertz CT molecular complexity index is 2120. The number of allylic oxidation sites excluding steroid dienone is 5. The summed E-state index contributed by atoms with van der Waals surface area (Å²) in [4.78, 5) is 25.5. The van der Waals surface area contributed by atoms with Crippen molar-refractivity contribution in [3.05, 3.63) is 81.4 Å². The van der Waals surface area contributed by atoms with Gasteiger partial charge in [-0.05, 0) is 152 Å². The molecule has 0 radical (unpaired) electrons. The van der Waals surface area contributed by atoms with E-state index >= 15 is 0 Å². The van der Waals surface area contributed by atoms with Gasteiger partial charge < -0.3 is 29.2 Å². The molecule has 1 unspecified atom stereocenters. The topological polar surface area (TPSA) is 102 Å². The summed E-state index contributed by atoms with van der Waals surface area (Å²) in [5.74, 6) is 0. The van der Waals surface area contributed by atoms with E-state index in [1.807, 2.05) is 0 Å². The summed E-state index contributed by atoms with van der Waals surface area (Å²) in [5.41, 5.74) is 11.4. The van der Waals surface area contributed by atoms with Gasteiger partial charge in [-0.15, -0.1) is 0 Å². The van der Waals surface area contributed by atoms with Crippen molar-refractivity contribution in [2.45, 2.75) is 115 Å². The van der Waals surface area contributed by atoms with Crippen LogP contribution in [-0.4, -0.2) is 173 Å². The lowest BCUT2D eigenvalue weighted by atomic mass is 9.97. The van der Waals surface area contributed by atoms with E-state index < -0.39 is 0 Å². The van der Waals surface area contributed by atoms with Crippen LogP contribution in [0.15, 0.2) is 80.7 Å². The lowest BCUT2D eigenvalue weighted by Gasteiger charge is -2.26.